The molecule has 0 unspecified atom stereocenters. The molecule has 2 aromatic heterocycles. The maximum atomic E-state index is 5.23. The Morgan fingerprint density at radius 1 is 0.964 bits per heavy atom. The molecule has 0 saturated carbocycles. The number of benzene rings is 3. The lowest BCUT2D eigenvalue weighted by atomic mass is 10.2. The predicted octanol–water partition coefficient (Wildman–Crippen LogP) is 4.72. The summed E-state index contributed by atoms with van der Waals surface area (Å²) in [6.07, 6.45) is 3.59. The molecule has 0 spiro atoms. The molecular formula is C22H17N5O. The fourth-order valence-electron chi connectivity index (χ4n) is 3.30. The molecule has 136 valence electrons. The van der Waals surface area contributed by atoms with Crippen LogP contribution in [-0.2, 0) is 0 Å². The van der Waals surface area contributed by atoms with Gasteiger partial charge in [0.15, 0.2) is 5.82 Å². The molecule has 5 aromatic rings. The molecule has 1 N–H and O–H groups in total. The van der Waals surface area contributed by atoms with Crippen molar-refractivity contribution in [2.75, 3.05) is 12.4 Å². The lowest BCUT2D eigenvalue weighted by molar-refractivity contribution is 0.415. The molecule has 0 aliphatic rings. The summed E-state index contributed by atoms with van der Waals surface area (Å²) in [6.45, 7) is 0. The molecule has 3 aromatic carbocycles. The average Bonchev–Trinajstić information content (AvgIpc) is 3.17. The van der Waals surface area contributed by atoms with Crippen LogP contribution in [-0.4, -0.2) is 26.9 Å². The fourth-order valence-corrected chi connectivity index (χ4v) is 3.30. The van der Waals surface area contributed by atoms with E-state index in [1.165, 1.54) is 0 Å². The van der Waals surface area contributed by atoms with E-state index < -0.39 is 0 Å². The number of rotatable bonds is 4. The van der Waals surface area contributed by atoms with E-state index in [4.69, 9.17) is 4.74 Å². The number of nitrogens with one attached hydrogen (secondary N) is 1. The summed E-state index contributed by atoms with van der Waals surface area (Å²) in [4.78, 5) is 4.56. The van der Waals surface area contributed by atoms with Crippen molar-refractivity contribution in [3.63, 3.8) is 0 Å². The first-order chi connectivity index (χ1) is 13.8. The van der Waals surface area contributed by atoms with Crippen LogP contribution in [0, 0.1) is 0 Å². The average molecular weight is 367 g/mol. The zero-order valence-electron chi connectivity index (χ0n) is 15.2. The quantitative estimate of drug-likeness (QED) is 0.498. The summed E-state index contributed by atoms with van der Waals surface area (Å²) in [7, 11) is 1.66. The van der Waals surface area contributed by atoms with E-state index in [9.17, 15) is 0 Å². The monoisotopic (exact) mass is 367 g/mol. The van der Waals surface area contributed by atoms with Gasteiger partial charge in [-0.3, -0.25) is 4.57 Å². The number of imidazole rings is 1. The van der Waals surface area contributed by atoms with Crippen molar-refractivity contribution in [2.24, 2.45) is 0 Å². The molecule has 0 aliphatic carbocycles. The van der Waals surface area contributed by atoms with Gasteiger partial charge < -0.3 is 10.1 Å². The van der Waals surface area contributed by atoms with Gasteiger partial charge in [0.25, 0.3) is 0 Å². The van der Waals surface area contributed by atoms with Crippen LogP contribution in [0.25, 0.3) is 27.5 Å². The Hall–Kier alpha value is -3.93. The van der Waals surface area contributed by atoms with Crippen molar-refractivity contribution in [1.82, 2.24) is 19.7 Å². The highest BCUT2D eigenvalue weighted by Crippen LogP contribution is 2.27. The number of hydrogen-bond acceptors (Lipinski definition) is 5. The second kappa shape index (κ2) is 6.66. The number of ether oxygens (including phenoxy) is 1. The van der Waals surface area contributed by atoms with Gasteiger partial charge in [-0.25, -0.2) is 4.98 Å². The summed E-state index contributed by atoms with van der Waals surface area (Å²) in [6, 6.07) is 22.0. The first-order valence-corrected chi connectivity index (χ1v) is 8.91. The van der Waals surface area contributed by atoms with Gasteiger partial charge in [-0.2, -0.15) is 5.10 Å². The molecule has 5 rings (SSSR count). The third-order valence-electron chi connectivity index (χ3n) is 4.73. The van der Waals surface area contributed by atoms with Gasteiger partial charge in [0.2, 0.25) is 0 Å². The summed E-state index contributed by atoms with van der Waals surface area (Å²) in [5, 5.41) is 13.8. The second-order valence-corrected chi connectivity index (χ2v) is 6.42. The molecule has 0 radical (unpaired) electrons. The molecule has 6 nitrogen and oxygen atoms in total. The summed E-state index contributed by atoms with van der Waals surface area (Å²) >= 11 is 0. The maximum absolute atomic E-state index is 5.23. The highest BCUT2D eigenvalue weighted by Gasteiger charge is 2.08. The van der Waals surface area contributed by atoms with Crippen molar-refractivity contribution in [1.29, 1.82) is 0 Å². The number of nitrogens with zero attached hydrogens (tertiary/aromatic N) is 4. The highest BCUT2D eigenvalue weighted by atomic mass is 16.5. The molecule has 6 heteroatoms. The van der Waals surface area contributed by atoms with Gasteiger partial charge >= 0.3 is 0 Å². The molecule has 0 aliphatic heterocycles. The highest BCUT2D eigenvalue weighted by molar-refractivity contribution is 5.93. The second-order valence-electron chi connectivity index (χ2n) is 6.42. The van der Waals surface area contributed by atoms with Crippen LogP contribution < -0.4 is 10.1 Å². The Morgan fingerprint density at radius 3 is 2.68 bits per heavy atom. The molecule has 0 fully saturated rings. The molecule has 0 saturated heterocycles. The van der Waals surface area contributed by atoms with E-state index in [1.54, 1.807) is 13.3 Å². The predicted molar refractivity (Wildman–Crippen MR) is 110 cm³/mol. The van der Waals surface area contributed by atoms with E-state index in [0.717, 1.165) is 44.7 Å². The van der Waals surface area contributed by atoms with Gasteiger partial charge in [0.05, 0.1) is 24.3 Å². The largest absolute Gasteiger partial charge is 0.497 e. The van der Waals surface area contributed by atoms with E-state index in [2.05, 4.69) is 25.1 Å². The smallest absolute Gasteiger partial charge is 0.160 e. The van der Waals surface area contributed by atoms with E-state index >= 15 is 0 Å². The first-order valence-electron chi connectivity index (χ1n) is 8.91. The minimum atomic E-state index is 0.729. The van der Waals surface area contributed by atoms with Crippen molar-refractivity contribution >= 4 is 33.3 Å². The standard InChI is InChI=1S/C22H17N5O/c1-28-18-9-7-17(8-10-18)27-14-23-20-12-16(6-11-21(20)27)25-22-19-5-3-2-4-15(19)13-24-26-22/h2-14H,1H3,(H,25,26). The molecule has 0 bridgehead atoms. The number of methoxy groups -OCH3 is 1. The lowest BCUT2D eigenvalue weighted by Crippen LogP contribution is -1.97. The van der Waals surface area contributed by atoms with Gasteiger partial charge in [-0.05, 0) is 42.5 Å². The van der Waals surface area contributed by atoms with Crippen LogP contribution in [0.1, 0.15) is 0 Å². The molecule has 2 heterocycles. The Labute approximate surface area is 161 Å². The van der Waals surface area contributed by atoms with E-state index in [-0.39, 0.29) is 0 Å². The number of fused-ring (bicyclic) bond motifs is 2. The Bertz CT molecular complexity index is 1270. The number of hydrogen-bond donors (Lipinski definition) is 1. The van der Waals surface area contributed by atoms with Crippen molar-refractivity contribution < 1.29 is 4.74 Å². The molecule has 0 atom stereocenters. The van der Waals surface area contributed by atoms with Crippen LogP contribution >= 0.6 is 0 Å². The van der Waals surface area contributed by atoms with Gasteiger partial charge in [0.1, 0.15) is 12.1 Å². The van der Waals surface area contributed by atoms with Crippen LogP contribution in [0.4, 0.5) is 11.5 Å². The van der Waals surface area contributed by atoms with Gasteiger partial charge in [0, 0.05) is 22.1 Å². The van der Waals surface area contributed by atoms with Crippen molar-refractivity contribution in [2.45, 2.75) is 0 Å². The normalized spacial score (nSPS) is 11.0. The molecule has 0 amide bonds. The van der Waals surface area contributed by atoms with Crippen molar-refractivity contribution in [3.05, 3.63) is 79.3 Å². The van der Waals surface area contributed by atoms with Crippen LogP contribution in [0.5, 0.6) is 5.75 Å². The van der Waals surface area contributed by atoms with Crippen molar-refractivity contribution in [3.8, 4) is 11.4 Å². The van der Waals surface area contributed by atoms with Crippen LogP contribution in [0.3, 0.4) is 0 Å². The fraction of sp³-hybridized carbons (Fsp3) is 0.0455. The first kappa shape index (κ1) is 16.3. The Morgan fingerprint density at radius 2 is 1.82 bits per heavy atom. The van der Waals surface area contributed by atoms with Gasteiger partial charge in [-0.15, -0.1) is 5.10 Å². The Balaban J connectivity index is 1.50. The summed E-state index contributed by atoms with van der Waals surface area (Å²) in [5.41, 5.74) is 3.87. The topological polar surface area (TPSA) is 64.9 Å². The minimum Gasteiger partial charge on any atom is -0.497 e. The van der Waals surface area contributed by atoms with E-state index in [1.807, 2.05) is 73.1 Å². The van der Waals surface area contributed by atoms with Crippen LogP contribution in [0.15, 0.2) is 79.3 Å². The number of anilines is 2. The maximum Gasteiger partial charge on any atom is 0.160 e. The third kappa shape index (κ3) is 2.81. The SMILES string of the molecule is COc1ccc(-n2cnc3cc(Nc4nncc5ccccc45)ccc32)cc1. The molecular weight excluding hydrogens is 350 g/mol. The van der Waals surface area contributed by atoms with E-state index in [0.29, 0.717) is 0 Å². The minimum absolute atomic E-state index is 0.729. The lowest BCUT2D eigenvalue weighted by Gasteiger charge is -2.09. The zero-order chi connectivity index (χ0) is 18.9. The zero-order valence-corrected chi connectivity index (χ0v) is 15.2. The summed E-state index contributed by atoms with van der Waals surface area (Å²) < 4.78 is 7.28. The third-order valence-corrected chi connectivity index (χ3v) is 4.73. The number of aromatic nitrogens is 4. The van der Waals surface area contributed by atoms with Crippen LogP contribution in [0.2, 0.25) is 0 Å². The molecule has 28 heavy (non-hydrogen) atoms. The van der Waals surface area contributed by atoms with Gasteiger partial charge in [-0.1, -0.05) is 24.3 Å². The summed E-state index contributed by atoms with van der Waals surface area (Å²) in [5.74, 6) is 1.56. The Kier molecular flexibility index (Phi) is 3.87.